The molecule has 0 fully saturated rings. The minimum absolute atomic E-state index is 0.646. The van der Waals surface area contributed by atoms with E-state index >= 15 is 0 Å². The first-order valence-electron chi connectivity index (χ1n) is 8.22. The molecular weight excluding hydrogens is 312 g/mol. The lowest BCUT2D eigenvalue weighted by Gasteiger charge is -2.12. The maximum atomic E-state index is 5.41. The predicted molar refractivity (Wildman–Crippen MR) is 99.8 cm³/mol. The highest BCUT2D eigenvalue weighted by Gasteiger charge is 2.08. The van der Waals surface area contributed by atoms with Gasteiger partial charge in [0.05, 0.1) is 14.2 Å². The Labute approximate surface area is 148 Å². The molecule has 3 aromatic rings. The average molecular weight is 334 g/mol. The van der Waals surface area contributed by atoms with Gasteiger partial charge in [-0.2, -0.15) is 0 Å². The second-order valence-corrected chi connectivity index (χ2v) is 5.67. The summed E-state index contributed by atoms with van der Waals surface area (Å²) in [4.78, 5) is 4.45. The summed E-state index contributed by atoms with van der Waals surface area (Å²) in [5, 5.41) is 3.45. The number of para-hydroxylation sites is 1. The van der Waals surface area contributed by atoms with E-state index in [-0.39, 0.29) is 0 Å². The number of pyridine rings is 1. The summed E-state index contributed by atoms with van der Waals surface area (Å²) in [7, 11) is 3.34. The van der Waals surface area contributed by atoms with Gasteiger partial charge < -0.3 is 14.8 Å². The molecule has 4 nitrogen and oxygen atoms in total. The van der Waals surface area contributed by atoms with Crippen LogP contribution in [0.25, 0.3) is 11.1 Å². The first kappa shape index (κ1) is 17.0. The smallest absolute Gasteiger partial charge is 0.217 e. The molecule has 0 spiro atoms. The van der Waals surface area contributed by atoms with Gasteiger partial charge in [-0.05, 0) is 17.7 Å². The van der Waals surface area contributed by atoms with E-state index in [0.29, 0.717) is 19.0 Å². The second-order valence-electron chi connectivity index (χ2n) is 5.67. The van der Waals surface area contributed by atoms with Crippen LogP contribution < -0.4 is 14.8 Å². The molecule has 1 heterocycles. The van der Waals surface area contributed by atoms with Crippen LogP contribution in [0.2, 0.25) is 0 Å². The maximum Gasteiger partial charge on any atom is 0.217 e. The molecule has 0 saturated heterocycles. The van der Waals surface area contributed by atoms with Gasteiger partial charge in [-0.15, -0.1) is 0 Å². The van der Waals surface area contributed by atoms with E-state index in [9.17, 15) is 0 Å². The molecule has 4 heteroatoms. The van der Waals surface area contributed by atoms with Crippen LogP contribution in [0.3, 0.4) is 0 Å². The number of methoxy groups -OCH3 is 2. The van der Waals surface area contributed by atoms with Crippen molar-refractivity contribution in [1.29, 1.82) is 0 Å². The summed E-state index contributed by atoms with van der Waals surface area (Å²) in [6.45, 7) is 1.37. The Morgan fingerprint density at radius 2 is 1.52 bits per heavy atom. The molecule has 3 rings (SSSR count). The van der Waals surface area contributed by atoms with Crippen LogP contribution in [-0.4, -0.2) is 19.2 Å². The number of ether oxygens (including phenoxy) is 2. The molecule has 128 valence electrons. The standard InChI is InChI=1S/C21H22N2O2/c1-24-20-11-7-6-10-17(20)13-22-14-19-12-18(15-23-21(19)25-2)16-8-4-3-5-9-16/h3-12,15,22H,13-14H2,1-2H3. The van der Waals surface area contributed by atoms with E-state index in [1.807, 2.05) is 42.6 Å². The Bertz CT molecular complexity index is 819. The summed E-state index contributed by atoms with van der Waals surface area (Å²) >= 11 is 0. The molecule has 2 aromatic carbocycles. The van der Waals surface area contributed by atoms with Gasteiger partial charge in [-0.25, -0.2) is 4.98 Å². The molecule has 0 aliphatic rings. The fourth-order valence-corrected chi connectivity index (χ4v) is 2.78. The van der Waals surface area contributed by atoms with Crippen LogP contribution in [0.4, 0.5) is 0 Å². The van der Waals surface area contributed by atoms with Crippen LogP contribution >= 0.6 is 0 Å². The Kier molecular flexibility index (Phi) is 5.65. The molecule has 0 atom stereocenters. The highest BCUT2D eigenvalue weighted by atomic mass is 16.5. The van der Waals surface area contributed by atoms with E-state index in [4.69, 9.17) is 9.47 Å². The van der Waals surface area contributed by atoms with Gasteiger partial charge in [0.15, 0.2) is 0 Å². The van der Waals surface area contributed by atoms with E-state index in [0.717, 1.165) is 28.0 Å². The Morgan fingerprint density at radius 3 is 2.28 bits per heavy atom. The summed E-state index contributed by atoms with van der Waals surface area (Å²) in [6, 6.07) is 20.4. The van der Waals surface area contributed by atoms with Crippen LogP contribution in [0.15, 0.2) is 66.9 Å². The normalized spacial score (nSPS) is 10.5. The van der Waals surface area contributed by atoms with Crippen LogP contribution in [-0.2, 0) is 13.1 Å². The molecule has 0 unspecified atom stereocenters. The van der Waals surface area contributed by atoms with Crippen molar-refractivity contribution in [3.8, 4) is 22.8 Å². The van der Waals surface area contributed by atoms with Gasteiger partial charge in [0.1, 0.15) is 5.75 Å². The highest BCUT2D eigenvalue weighted by Crippen LogP contribution is 2.24. The zero-order valence-electron chi connectivity index (χ0n) is 14.5. The van der Waals surface area contributed by atoms with Gasteiger partial charge in [-0.3, -0.25) is 0 Å². The maximum absolute atomic E-state index is 5.41. The Hall–Kier alpha value is -2.85. The van der Waals surface area contributed by atoms with Crippen molar-refractivity contribution in [1.82, 2.24) is 10.3 Å². The number of nitrogens with zero attached hydrogens (tertiary/aromatic N) is 1. The first-order valence-corrected chi connectivity index (χ1v) is 8.22. The van der Waals surface area contributed by atoms with Gasteiger partial charge in [0.2, 0.25) is 5.88 Å². The minimum Gasteiger partial charge on any atom is -0.496 e. The minimum atomic E-state index is 0.646. The van der Waals surface area contributed by atoms with E-state index < -0.39 is 0 Å². The first-order chi connectivity index (χ1) is 12.3. The van der Waals surface area contributed by atoms with Crippen LogP contribution in [0.1, 0.15) is 11.1 Å². The molecule has 1 N–H and O–H groups in total. The molecule has 0 aliphatic heterocycles. The molecule has 0 radical (unpaired) electrons. The lowest BCUT2D eigenvalue weighted by molar-refractivity contribution is 0.390. The zero-order valence-corrected chi connectivity index (χ0v) is 14.5. The molecule has 0 aliphatic carbocycles. The third-order valence-corrected chi connectivity index (χ3v) is 4.05. The number of nitrogens with one attached hydrogen (secondary N) is 1. The van der Waals surface area contributed by atoms with Gasteiger partial charge in [-0.1, -0.05) is 48.5 Å². The Balaban J connectivity index is 1.75. The highest BCUT2D eigenvalue weighted by molar-refractivity contribution is 5.63. The van der Waals surface area contributed by atoms with Crippen molar-refractivity contribution in [2.75, 3.05) is 14.2 Å². The lowest BCUT2D eigenvalue weighted by Crippen LogP contribution is -2.14. The summed E-state index contributed by atoms with van der Waals surface area (Å²) in [6.07, 6.45) is 1.85. The third-order valence-electron chi connectivity index (χ3n) is 4.05. The van der Waals surface area contributed by atoms with Crippen molar-refractivity contribution in [2.24, 2.45) is 0 Å². The molecule has 25 heavy (non-hydrogen) atoms. The monoisotopic (exact) mass is 334 g/mol. The summed E-state index contributed by atoms with van der Waals surface area (Å²) < 4.78 is 10.8. The third kappa shape index (κ3) is 4.17. The lowest BCUT2D eigenvalue weighted by atomic mass is 10.1. The van der Waals surface area contributed by atoms with Gasteiger partial charge in [0.25, 0.3) is 0 Å². The molecule has 0 saturated carbocycles. The van der Waals surface area contributed by atoms with Crippen LogP contribution in [0, 0.1) is 0 Å². The van der Waals surface area contributed by atoms with E-state index in [2.05, 4.69) is 34.6 Å². The Morgan fingerprint density at radius 1 is 0.800 bits per heavy atom. The predicted octanol–water partition coefficient (Wildman–Crippen LogP) is 4.06. The second kappa shape index (κ2) is 8.31. The van der Waals surface area contributed by atoms with E-state index in [1.165, 1.54) is 0 Å². The van der Waals surface area contributed by atoms with Crippen molar-refractivity contribution < 1.29 is 9.47 Å². The van der Waals surface area contributed by atoms with Gasteiger partial charge >= 0.3 is 0 Å². The van der Waals surface area contributed by atoms with Crippen molar-refractivity contribution >= 4 is 0 Å². The number of rotatable bonds is 7. The number of aromatic nitrogens is 1. The topological polar surface area (TPSA) is 43.4 Å². The van der Waals surface area contributed by atoms with Crippen molar-refractivity contribution in [3.05, 3.63) is 78.0 Å². The molecule has 0 bridgehead atoms. The number of hydrogen-bond donors (Lipinski definition) is 1. The van der Waals surface area contributed by atoms with Gasteiger partial charge in [0, 0.05) is 36.0 Å². The number of benzene rings is 2. The SMILES string of the molecule is COc1ccccc1CNCc1cc(-c2ccccc2)cnc1OC. The molecular formula is C21H22N2O2. The fourth-order valence-electron chi connectivity index (χ4n) is 2.78. The van der Waals surface area contributed by atoms with Crippen molar-refractivity contribution in [2.45, 2.75) is 13.1 Å². The zero-order chi connectivity index (χ0) is 17.5. The largest absolute Gasteiger partial charge is 0.496 e. The molecule has 1 aromatic heterocycles. The quantitative estimate of drug-likeness (QED) is 0.708. The van der Waals surface area contributed by atoms with Crippen molar-refractivity contribution in [3.63, 3.8) is 0 Å². The number of hydrogen-bond acceptors (Lipinski definition) is 4. The molecule has 0 amide bonds. The van der Waals surface area contributed by atoms with Crippen LogP contribution in [0.5, 0.6) is 11.6 Å². The summed E-state index contributed by atoms with van der Waals surface area (Å²) in [5.74, 6) is 1.53. The van der Waals surface area contributed by atoms with E-state index in [1.54, 1.807) is 14.2 Å². The average Bonchev–Trinajstić information content (AvgIpc) is 2.69. The summed E-state index contributed by atoms with van der Waals surface area (Å²) in [5.41, 5.74) is 4.37. The fraction of sp³-hybridized carbons (Fsp3) is 0.190.